The second-order valence-corrected chi connectivity index (χ2v) is 5.27. The van der Waals surface area contributed by atoms with Crippen LogP contribution in [0.25, 0.3) is 0 Å². The summed E-state index contributed by atoms with van der Waals surface area (Å²) in [5.74, 6) is -0.0965. The number of amides is 2. The van der Waals surface area contributed by atoms with Gasteiger partial charge in [-0.2, -0.15) is 0 Å². The number of carbonyl (C=O) groups is 2. The lowest BCUT2D eigenvalue weighted by Gasteiger charge is -2.27. The average Bonchev–Trinajstić information content (AvgIpc) is 2.46. The molecule has 4 nitrogen and oxygen atoms in total. The molecule has 1 aliphatic heterocycles. The first-order chi connectivity index (χ1) is 9.24. The van der Waals surface area contributed by atoms with Gasteiger partial charge in [-0.05, 0) is 48.9 Å². The van der Waals surface area contributed by atoms with Crippen LogP contribution in [0.2, 0.25) is 0 Å². The Labute approximate surface area is 112 Å². The van der Waals surface area contributed by atoms with Gasteiger partial charge in [0, 0.05) is 18.7 Å². The summed E-state index contributed by atoms with van der Waals surface area (Å²) < 4.78 is 0. The summed E-state index contributed by atoms with van der Waals surface area (Å²) in [7, 11) is 0. The highest BCUT2D eigenvalue weighted by atomic mass is 16.2. The van der Waals surface area contributed by atoms with E-state index in [1.807, 2.05) is 12.1 Å². The maximum atomic E-state index is 12.4. The Morgan fingerprint density at radius 2 is 1.95 bits per heavy atom. The molecule has 1 aromatic rings. The van der Waals surface area contributed by atoms with E-state index in [0.29, 0.717) is 13.1 Å². The van der Waals surface area contributed by atoms with Crippen LogP contribution in [0.15, 0.2) is 18.2 Å². The van der Waals surface area contributed by atoms with Crippen LogP contribution >= 0.6 is 0 Å². The van der Waals surface area contributed by atoms with Crippen LogP contribution in [0.3, 0.4) is 0 Å². The molecule has 2 amide bonds. The van der Waals surface area contributed by atoms with Gasteiger partial charge in [0.15, 0.2) is 0 Å². The van der Waals surface area contributed by atoms with E-state index < -0.39 is 0 Å². The molecule has 1 aliphatic carbocycles. The molecule has 0 aromatic heterocycles. The smallest absolute Gasteiger partial charge is 0.254 e. The molecule has 0 atom stereocenters. The summed E-state index contributed by atoms with van der Waals surface area (Å²) in [6.07, 6.45) is 4.64. The monoisotopic (exact) mass is 258 g/mol. The van der Waals surface area contributed by atoms with E-state index in [-0.39, 0.29) is 18.4 Å². The van der Waals surface area contributed by atoms with Crippen molar-refractivity contribution in [2.45, 2.75) is 25.7 Å². The molecular formula is C15H18N2O2. The molecular weight excluding hydrogens is 240 g/mol. The van der Waals surface area contributed by atoms with Gasteiger partial charge in [0.1, 0.15) is 0 Å². The Balaban J connectivity index is 1.81. The number of aryl methyl sites for hydroxylation is 2. The second kappa shape index (κ2) is 5.03. The summed E-state index contributed by atoms with van der Waals surface area (Å²) in [6.45, 7) is 1.33. The van der Waals surface area contributed by atoms with Crippen LogP contribution in [0.1, 0.15) is 34.3 Å². The zero-order chi connectivity index (χ0) is 13.2. The van der Waals surface area contributed by atoms with Crippen molar-refractivity contribution in [1.82, 2.24) is 10.2 Å². The number of fused-ring (bicyclic) bond motifs is 1. The minimum absolute atomic E-state index is 0.0248. The maximum Gasteiger partial charge on any atom is 0.254 e. The van der Waals surface area contributed by atoms with Gasteiger partial charge in [0.05, 0.1) is 6.54 Å². The van der Waals surface area contributed by atoms with Gasteiger partial charge in [-0.15, -0.1) is 0 Å². The van der Waals surface area contributed by atoms with Gasteiger partial charge in [0.25, 0.3) is 5.91 Å². The first-order valence-electron chi connectivity index (χ1n) is 6.92. The third kappa shape index (κ3) is 2.48. The van der Waals surface area contributed by atoms with Crippen LogP contribution in [-0.4, -0.2) is 36.3 Å². The van der Waals surface area contributed by atoms with E-state index in [0.717, 1.165) is 18.4 Å². The molecule has 3 rings (SSSR count). The fraction of sp³-hybridized carbons (Fsp3) is 0.467. The van der Waals surface area contributed by atoms with Crippen molar-refractivity contribution in [3.8, 4) is 0 Å². The molecule has 4 heteroatoms. The van der Waals surface area contributed by atoms with Crippen molar-refractivity contribution >= 4 is 11.8 Å². The Kier molecular flexibility index (Phi) is 3.23. The SMILES string of the molecule is O=C1CN(C(=O)c2ccc3c(c2)CCCC3)CCN1. The van der Waals surface area contributed by atoms with Crippen molar-refractivity contribution in [1.29, 1.82) is 0 Å². The van der Waals surface area contributed by atoms with Crippen LogP contribution in [0.4, 0.5) is 0 Å². The minimum Gasteiger partial charge on any atom is -0.353 e. The molecule has 0 spiro atoms. The number of rotatable bonds is 1. The highest BCUT2D eigenvalue weighted by molar-refractivity contribution is 5.97. The predicted octanol–water partition coefficient (Wildman–Crippen LogP) is 1.14. The van der Waals surface area contributed by atoms with Crippen molar-refractivity contribution in [3.63, 3.8) is 0 Å². The number of hydrogen-bond acceptors (Lipinski definition) is 2. The predicted molar refractivity (Wildman–Crippen MR) is 72.0 cm³/mol. The quantitative estimate of drug-likeness (QED) is 0.821. The second-order valence-electron chi connectivity index (χ2n) is 5.27. The van der Waals surface area contributed by atoms with Gasteiger partial charge in [-0.1, -0.05) is 6.07 Å². The summed E-state index contributed by atoms with van der Waals surface area (Å²) >= 11 is 0. The fourth-order valence-corrected chi connectivity index (χ4v) is 2.86. The molecule has 100 valence electrons. The van der Waals surface area contributed by atoms with E-state index in [1.54, 1.807) is 4.90 Å². The Hall–Kier alpha value is -1.84. The molecule has 1 heterocycles. The summed E-state index contributed by atoms with van der Waals surface area (Å²) in [5.41, 5.74) is 3.40. The largest absolute Gasteiger partial charge is 0.353 e. The normalized spacial score (nSPS) is 18.7. The van der Waals surface area contributed by atoms with Gasteiger partial charge >= 0.3 is 0 Å². The summed E-state index contributed by atoms with van der Waals surface area (Å²) in [4.78, 5) is 25.3. The molecule has 1 fully saturated rings. The molecule has 0 unspecified atom stereocenters. The van der Waals surface area contributed by atoms with Crippen molar-refractivity contribution < 1.29 is 9.59 Å². The third-order valence-electron chi connectivity index (χ3n) is 3.92. The average molecular weight is 258 g/mol. The molecule has 19 heavy (non-hydrogen) atoms. The highest BCUT2D eigenvalue weighted by Crippen LogP contribution is 2.22. The van der Waals surface area contributed by atoms with E-state index in [9.17, 15) is 9.59 Å². The molecule has 0 bridgehead atoms. The van der Waals surface area contributed by atoms with Crippen molar-refractivity contribution in [2.75, 3.05) is 19.6 Å². The zero-order valence-corrected chi connectivity index (χ0v) is 10.9. The van der Waals surface area contributed by atoms with Crippen LogP contribution in [0, 0.1) is 0 Å². The lowest BCUT2D eigenvalue weighted by Crippen LogP contribution is -2.50. The van der Waals surface area contributed by atoms with Crippen LogP contribution < -0.4 is 5.32 Å². The standard InChI is InChI=1S/C15H18N2O2/c18-14-10-17(8-7-16-14)15(19)13-6-5-11-3-1-2-4-12(11)9-13/h5-6,9H,1-4,7-8,10H2,(H,16,18). The fourth-order valence-electron chi connectivity index (χ4n) is 2.86. The van der Waals surface area contributed by atoms with E-state index in [1.165, 1.54) is 24.0 Å². The number of piperazine rings is 1. The molecule has 1 aromatic carbocycles. The molecule has 0 radical (unpaired) electrons. The first kappa shape index (κ1) is 12.2. The summed E-state index contributed by atoms with van der Waals surface area (Å²) in [5, 5.41) is 2.74. The van der Waals surface area contributed by atoms with Gasteiger partial charge in [-0.25, -0.2) is 0 Å². The number of carbonyl (C=O) groups excluding carboxylic acids is 2. The number of benzene rings is 1. The summed E-state index contributed by atoms with van der Waals surface area (Å²) in [6, 6.07) is 5.99. The van der Waals surface area contributed by atoms with Crippen molar-refractivity contribution in [2.24, 2.45) is 0 Å². The number of nitrogens with zero attached hydrogens (tertiary/aromatic N) is 1. The topological polar surface area (TPSA) is 49.4 Å². The van der Waals surface area contributed by atoms with Gasteiger partial charge in [0.2, 0.25) is 5.91 Å². The Morgan fingerprint density at radius 1 is 1.16 bits per heavy atom. The Morgan fingerprint density at radius 3 is 2.74 bits per heavy atom. The lowest BCUT2D eigenvalue weighted by atomic mass is 9.90. The number of hydrogen-bond donors (Lipinski definition) is 1. The maximum absolute atomic E-state index is 12.4. The molecule has 1 saturated heterocycles. The highest BCUT2D eigenvalue weighted by Gasteiger charge is 2.23. The van der Waals surface area contributed by atoms with E-state index >= 15 is 0 Å². The molecule has 1 N–H and O–H groups in total. The first-order valence-corrected chi connectivity index (χ1v) is 6.92. The minimum atomic E-state index is -0.0717. The third-order valence-corrected chi connectivity index (χ3v) is 3.92. The Bertz CT molecular complexity index is 525. The van der Waals surface area contributed by atoms with E-state index in [2.05, 4.69) is 11.4 Å². The molecule has 2 aliphatic rings. The van der Waals surface area contributed by atoms with Crippen LogP contribution in [-0.2, 0) is 17.6 Å². The van der Waals surface area contributed by atoms with Crippen LogP contribution in [0.5, 0.6) is 0 Å². The zero-order valence-electron chi connectivity index (χ0n) is 10.9. The molecule has 0 saturated carbocycles. The van der Waals surface area contributed by atoms with E-state index in [4.69, 9.17) is 0 Å². The number of nitrogens with one attached hydrogen (secondary N) is 1. The lowest BCUT2D eigenvalue weighted by molar-refractivity contribution is -0.123. The van der Waals surface area contributed by atoms with Gasteiger partial charge in [-0.3, -0.25) is 9.59 Å². The van der Waals surface area contributed by atoms with Crippen molar-refractivity contribution in [3.05, 3.63) is 34.9 Å². The van der Waals surface area contributed by atoms with Gasteiger partial charge < -0.3 is 10.2 Å².